The van der Waals surface area contributed by atoms with E-state index in [-0.39, 0.29) is 5.56 Å². The molecule has 0 saturated carbocycles. The summed E-state index contributed by atoms with van der Waals surface area (Å²) in [5.74, 6) is 1.75. The van der Waals surface area contributed by atoms with Crippen molar-refractivity contribution < 1.29 is 18.4 Å². The number of hydrazine groups is 1. The van der Waals surface area contributed by atoms with Crippen LogP contribution in [0.3, 0.4) is 0 Å². The van der Waals surface area contributed by atoms with E-state index in [0.717, 1.165) is 12.1 Å². The maximum Gasteiger partial charge on any atom is 0.252 e. The van der Waals surface area contributed by atoms with Gasteiger partial charge in [-0.15, -0.1) is 0 Å². The summed E-state index contributed by atoms with van der Waals surface area (Å²) < 4.78 is 26.8. The van der Waals surface area contributed by atoms with Crippen LogP contribution in [-0.2, 0) is 4.79 Å². The molecule has 1 aromatic rings. The highest BCUT2D eigenvalue weighted by Crippen LogP contribution is 2.19. The number of nitrogens with two attached hydrogens (primary N) is 1. The number of halogens is 2. The second-order valence-electron chi connectivity index (χ2n) is 3.77. The van der Waals surface area contributed by atoms with Crippen LogP contribution in [0.1, 0.15) is 17.3 Å². The van der Waals surface area contributed by atoms with Gasteiger partial charge in [0.05, 0.1) is 0 Å². The Balaban J connectivity index is 2.92. The van der Waals surface area contributed by atoms with Gasteiger partial charge in [0.1, 0.15) is 11.7 Å². The Morgan fingerprint density at radius 2 is 1.79 bits per heavy atom. The minimum Gasteiger partial charge on any atom is -0.357 e. The molecule has 0 bridgehead atoms. The van der Waals surface area contributed by atoms with Crippen LogP contribution < -0.4 is 21.9 Å². The molecule has 0 radical (unpaired) electrons. The first-order chi connectivity index (χ1) is 8.90. The third-order valence-electron chi connectivity index (χ3n) is 2.44. The minimum absolute atomic E-state index is 0.246. The summed E-state index contributed by atoms with van der Waals surface area (Å²) in [4.78, 5) is 22.9. The first-order valence-electron chi connectivity index (χ1n) is 5.38. The van der Waals surface area contributed by atoms with Crippen LogP contribution in [0, 0.1) is 11.6 Å². The minimum atomic E-state index is -1.000. The third-order valence-corrected chi connectivity index (χ3v) is 2.44. The van der Waals surface area contributed by atoms with E-state index in [4.69, 9.17) is 5.84 Å². The Morgan fingerprint density at radius 3 is 2.21 bits per heavy atom. The molecule has 8 heteroatoms. The van der Waals surface area contributed by atoms with Gasteiger partial charge in [-0.2, -0.15) is 0 Å². The number of nitrogen functional groups attached to an aromatic ring is 1. The van der Waals surface area contributed by atoms with Gasteiger partial charge in [-0.1, -0.05) is 0 Å². The summed E-state index contributed by atoms with van der Waals surface area (Å²) in [6.45, 7) is 1.44. The maximum absolute atomic E-state index is 13.4. The molecule has 6 nitrogen and oxygen atoms in total. The molecule has 0 heterocycles. The fourth-order valence-corrected chi connectivity index (χ4v) is 1.40. The molecule has 0 saturated heterocycles. The number of carbonyl (C=O) groups is 2. The number of likely N-dealkylation sites (N-methyl/N-ethyl adjacent to an activating group) is 1. The number of amides is 2. The van der Waals surface area contributed by atoms with Crippen LogP contribution in [-0.4, -0.2) is 24.9 Å². The zero-order chi connectivity index (χ0) is 14.6. The molecule has 1 rings (SSSR count). The average Bonchev–Trinajstić information content (AvgIpc) is 2.37. The SMILES string of the molecule is CNC(=O)C(C)NC(=O)c1cc(F)c(NN)c(F)c1. The van der Waals surface area contributed by atoms with Crippen molar-refractivity contribution >= 4 is 17.5 Å². The lowest BCUT2D eigenvalue weighted by atomic mass is 10.1. The van der Waals surface area contributed by atoms with Crippen LogP contribution in [0.5, 0.6) is 0 Å². The third kappa shape index (κ3) is 3.38. The molecule has 0 spiro atoms. The number of benzene rings is 1. The smallest absolute Gasteiger partial charge is 0.252 e. The molecule has 0 aliphatic heterocycles. The highest BCUT2D eigenvalue weighted by Gasteiger charge is 2.18. The summed E-state index contributed by atoms with van der Waals surface area (Å²) in [6, 6.07) is 0.824. The zero-order valence-corrected chi connectivity index (χ0v) is 10.4. The molecular weight excluding hydrogens is 258 g/mol. The van der Waals surface area contributed by atoms with Gasteiger partial charge in [0.25, 0.3) is 5.91 Å². The van der Waals surface area contributed by atoms with Crippen LogP contribution in [0.25, 0.3) is 0 Å². The number of hydrogen-bond donors (Lipinski definition) is 4. The van der Waals surface area contributed by atoms with Crippen molar-refractivity contribution in [3.8, 4) is 0 Å². The van der Waals surface area contributed by atoms with Crippen molar-refractivity contribution in [1.29, 1.82) is 0 Å². The van der Waals surface area contributed by atoms with Gasteiger partial charge in [-0.05, 0) is 19.1 Å². The largest absolute Gasteiger partial charge is 0.357 e. The number of nitrogens with one attached hydrogen (secondary N) is 3. The molecular formula is C11H14F2N4O2. The van der Waals surface area contributed by atoms with Gasteiger partial charge in [0.15, 0.2) is 11.6 Å². The summed E-state index contributed by atoms with van der Waals surface area (Å²) >= 11 is 0. The van der Waals surface area contributed by atoms with Crippen molar-refractivity contribution in [2.45, 2.75) is 13.0 Å². The molecule has 19 heavy (non-hydrogen) atoms. The van der Waals surface area contributed by atoms with Crippen LogP contribution in [0.4, 0.5) is 14.5 Å². The van der Waals surface area contributed by atoms with Gasteiger partial charge in [0, 0.05) is 12.6 Å². The molecule has 5 N–H and O–H groups in total. The number of hydrogen-bond acceptors (Lipinski definition) is 4. The fourth-order valence-electron chi connectivity index (χ4n) is 1.40. The van der Waals surface area contributed by atoms with Gasteiger partial charge < -0.3 is 16.1 Å². The standard InChI is InChI=1S/C11H14F2N4O2/c1-5(10(18)15-2)16-11(19)6-3-7(12)9(17-14)8(13)4-6/h3-5,17H,14H2,1-2H3,(H,15,18)(H,16,19). The zero-order valence-electron chi connectivity index (χ0n) is 10.4. The molecule has 0 fully saturated rings. The highest BCUT2D eigenvalue weighted by atomic mass is 19.1. The van der Waals surface area contributed by atoms with Gasteiger partial charge in [0.2, 0.25) is 5.91 Å². The van der Waals surface area contributed by atoms with E-state index in [2.05, 4.69) is 10.6 Å². The normalized spacial score (nSPS) is 11.6. The summed E-state index contributed by atoms with van der Waals surface area (Å²) in [7, 11) is 1.41. The van der Waals surface area contributed by atoms with Crippen molar-refractivity contribution in [2.75, 3.05) is 12.5 Å². The predicted molar refractivity (Wildman–Crippen MR) is 65.2 cm³/mol. The maximum atomic E-state index is 13.4. The molecule has 104 valence electrons. The van der Waals surface area contributed by atoms with Gasteiger partial charge in [-0.3, -0.25) is 15.4 Å². The molecule has 1 atom stereocenters. The lowest BCUT2D eigenvalue weighted by molar-refractivity contribution is -0.122. The second kappa shape index (κ2) is 6.10. The average molecular weight is 272 g/mol. The Labute approximate surface area is 108 Å². The van der Waals surface area contributed by atoms with E-state index in [9.17, 15) is 18.4 Å². The molecule has 1 aromatic carbocycles. The van der Waals surface area contributed by atoms with Crippen molar-refractivity contribution in [2.24, 2.45) is 5.84 Å². The Bertz CT molecular complexity index is 484. The van der Waals surface area contributed by atoms with Gasteiger partial charge >= 0.3 is 0 Å². The number of carbonyl (C=O) groups excluding carboxylic acids is 2. The van der Waals surface area contributed by atoms with E-state index >= 15 is 0 Å². The van der Waals surface area contributed by atoms with E-state index in [1.54, 1.807) is 0 Å². The fraction of sp³-hybridized carbons (Fsp3) is 0.273. The first kappa shape index (κ1) is 14.8. The lowest BCUT2D eigenvalue weighted by Gasteiger charge is -2.13. The van der Waals surface area contributed by atoms with E-state index in [1.165, 1.54) is 14.0 Å². The summed E-state index contributed by atoms with van der Waals surface area (Å²) in [6.07, 6.45) is 0. The Morgan fingerprint density at radius 1 is 1.26 bits per heavy atom. The highest BCUT2D eigenvalue weighted by molar-refractivity contribution is 5.97. The predicted octanol–water partition coefficient (Wildman–Crippen LogP) is 0.115. The van der Waals surface area contributed by atoms with Crippen molar-refractivity contribution in [3.63, 3.8) is 0 Å². The summed E-state index contributed by atoms with van der Waals surface area (Å²) in [5, 5.41) is 4.64. The summed E-state index contributed by atoms with van der Waals surface area (Å²) in [5.41, 5.74) is 1.07. The topological polar surface area (TPSA) is 96.2 Å². The number of anilines is 1. The lowest BCUT2D eigenvalue weighted by Crippen LogP contribution is -2.43. The van der Waals surface area contributed by atoms with Crippen molar-refractivity contribution in [1.82, 2.24) is 10.6 Å². The molecule has 0 aliphatic rings. The molecule has 1 unspecified atom stereocenters. The Hall–Kier alpha value is -2.22. The molecule has 0 aromatic heterocycles. The molecule has 2 amide bonds. The van der Waals surface area contributed by atoms with Crippen LogP contribution in [0.2, 0.25) is 0 Å². The second-order valence-corrected chi connectivity index (χ2v) is 3.77. The van der Waals surface area contributed by atoms with Crippen LogP contribution >= 0.6 is 0 Å². The van der Waals surface area contributed by atoms with E-state index < -0.39 is 35.2 Å². The van der Waals surface area contributed by atoms with Crippen LogP contribution in [0.15, 0.2) is 12.1 Å². The van der Waals surface area contributed by atoms with E-state index in [1.807, 2.05) is 5.43 Å². The van der Waals surface area contributed by atoms with E-state index in [0.29, 0.717) is 0 Å². The van der Waals surface area contributed by atoms with Gasteiger partial charge in [-0.25, -0.2) is 8.78 Å². The Kier molecular flexibility index (Phi) is 4.76. The van der Waals surface area contributed by atoms with Crippen molar-refractivity contribution in [3.05, 3.63) is 29.3 Å². The molecule has 0 aliphatic carbocycles. The first-order valence-corrected chi connectivity index (χ1v) is 5.38. The number of rotatable bonds is 4. The quantitative estimate of drug-likeness (QED) is 0.462. The monoisotopic (exact) mass is 272 g/mol.